The molecule has 2 atom stereocenters. The molecule has 1 aromatic rings. The molecule has 0 radical (unpaired) electrons. The maximum Gasteiger partial charge on any atom is 0.362 e. The van der Waals surface area contributed by atoms with Crippen molar-refractivity contribution in [3.8, 4) is 0 Å². The van der Waals surface area contributed by atoms with Crippen LogP contribution in [0, 0.1) is 4.91 Å². The average Bonchev–Trinajstić information content (AvgIpc) is 2.79. The number of thiazole rings is 1. The SMILES string of the molecule is Nc1nc(C(N=O)C(=O)N[C@H]2CN(S(=O)(=O)O)C2=O)cs1. The number of hydrogen-bond acceptors (Lipinski definition) is 9. The number of nitroso groups, excluding NO2 is 1. The molecule has 21 heavy (non-hydrogen) atoms. The van der Waals surface area contributed by atoms with E-state index in [0.717, 1.165) is 11.3 Å². The smallest absolute Gasteiger partial charge is 0.362 e. The summed E-state index contributed by atoms with van der Waals surface area (Å²) in [4.78, 5) is 37.7. The molecule has 4 N–H and O–H groups in total. The maximum absolute atomic E-state index is 11.8. The van der Waals surface area contributed by atoms with E-state index in [-0.39, 0.29) is 15.1 Å². The molecule has 1 saturated heterocycles. The average molecular weight is 335 g/mol. The minimum atomic E-state index is -4.64. The summed E-state index contributed by atoms with van der Waals surface area (Å²) in [6, 6.07) is -2.65. The quantitative estimate of drug-likeness (QED) is 0.337. The third kappa shape index (κ3) is 2.98. The predicted octanol–water partition coefficient (Wildman–Crippen LogP) is -1.34. The van der Waals surface area contributed by atoms with Crippen molar-refractivity contribution in [3.63, 3.8) is 0 Å². The number of aromatic nitrogens is 1. The van der Waals surface area contributed by atoms with E-state index < -0.39 is 40.7 Å². The van der Waals surface area contributed by atoms with Crippen LogP contribution in [0.15, 0.2) is 10.6 Å². The normalized spacial score (nSPS) is 19.8. The molecule has 1 aliphatic rings. The molecule has 2 rings (SSSR count). The van der Waals surface area contributed by atoms with Crippen molar-refractivity contribution < 1.29 is 22.6 Å². The van der Waals surface area contributed by atoms with Gasteiger partial charge in [-0.05, 0) is 5.18 Å². The zero-order valence-electron chi connectivity index (χ0n) is 10.2. The summed E-state index contributed by atoms with van der Waals surface area (Å²) in [5.74, 6) is -1.92. The lowest BCUT2D eigenvalue weighted by Gasteiger charge is -2.35. The van der Waals surface area contributed by atoms with E-state index in [1.807, 2.05) is 0 Å². The van der Waals surface area contributed by atoms with Crippen molar-refractivity contribution in [1.82, 2.24) is 14.6 Å². The van der Waals surface area contributed by atoms with Crippen LogP contribution in [-0.4, -0.2) is 46.7 Å². The lowest BCUT2D eigenvalue weighted by atomic mass is 10.1. The molecule has 114 valence electrons. The molecule has 0 aliphatic carbocycles. The van der Waals surface area contributed by atoms with Crippen LogP contribution in [0.4, 0.5) is 5.13 Å². The second kappa shape index (κ2) is 5.34. The van der Waals surface area contributed by atoms with Gasteiger partial charge >= 0.3 is 10.3 Å². The summed E-state index contributed by atoms with van der Waals surface area (Å²) < 4.78 is 30.3. The predicted molar refractivity (Wildman–Crippen MR) is 70.3 cm³/mol. The second-order valence-electron chi connectivity index (χ2n) is 4.03. The van der Waals surface area contributed by atoms with E-state index in [9.17, 15) is 22.9 Å². The van der Waals surface area contributed by atoms with Crippen molar-refractivity contribution in [3.05, 3.63) is 16.0 Å². The van der Waals surface area contributed by atoms with Crippen LogP contribution in [-0.2, 0) is 19.9 Å². The van der Waals surface area contributed by atoms with E-state index in [1.54, 1.807) is 0 Å². The van der Waals surface area contributed by atoms with Gasteiger partial charge in [0.2, 0.25) is 6.04 Å². The first-order valence-corrected chi connectivity index (χ1v) is 7.64. The number of anilines is 1. The van der Waals surface area contributed by atoms with Crippen LogP contribution < -0.4 is 11.1 Å². The monoisotopic (exact) mass is 335 g/mol. The van der Waals surface area contributed by atoms with Crippen LogP contribution in [0.5, 0.6) is 0 Å². The summed E-state index contributed by atoms with van der Waals surface area (Å²) in [6.07, 6.45) is 0. The molecule has 1 fully saturated rings. The summed E-state index contributed by atoms with van der Waals surface area (Å²) in [7, 11) is -4.64. The summed E-state index contributed by atoms with van der Waals surface area (Å²) in [6.45, 7) is -0.422. The molecule has 2 heterocycles. The number of β-lactam (4-membered cyclic amide) rings is 1. The Kier molecular flexibility index (Phi) is 3.89. The van der Waals surface area contributed by atoms with Crippen LogP contribution in [0.25, 0.3) is 0 Å². The van der Waals surface area contributed by atoms with Gasteiger partial charge in [0.1, 0.15) is 6.04 Å². The molecule has 13 heteroatoms. The van der Waals surface area contributed by atoms with Gasteiger partial charge in [-0.15, -0.1) is 16.2 Å². The first kappa shape index (κ1) is 15.3. The van der Waals surface area contributed by atoms with Crippen molar-refractivity contribution >= 4 is 38.6 Å². The van der Waals surface area contributed by atoms with Crippen LogP contribution in [0.3, 0.4) is 0 Å². The Morgan fingerprint density at radius 2 is 2.33 bits per heavy atom. The Morgan fingerprint density at radius 3 is 2.76 bits per heavy atom. The molecule has 1 unspecified atom stereocenters. The lowest BCUT2D eigenvalue weighted by Crippen LogP contribution is -2.65. The number of nitrogens with zero attached hydrogens (tertiary/aromatic N) is 3. The van der Waals surface area contributed by atoms with Crippen LogP contribution >= 0.6 is 11.3 Å². The van der Waals surface area contributed by atoms with Gasteiger partial charge in [0.05, 0.1) is 12.2 Å². The summed E-state index contributed by atoms with van der Waals surface area (Å²) in [5.41, 5.74) is 5.41. The van der Waals surface area contributed by atoms with E-state index in [2.05, 4.69) is 15.5 Å². The molecule has 0 bridgehead atoms. The largest absolute Gasteiger partial charge is 0.375 e. The van der Waals surface area contributed by atoms with E-state index in [1.165, 1.54) is 5.38 Å². The highest BCUT2D eigenvalue weighted by Crippen LogP contribution is 2.22. The third-order valence-electron chi connectivity index (χ3n) is 2.66. The Morgan fingerprint density at radius 1 is 1.67 bits per heavy atom. The summed E-state index contributed by atoms with van der Waals surface area (Å²) >= 11 is 1.01. The van der Waals surface area contributed by atoms with Crippen molar-refractivity contribution in [1.29, 1.82) is 0 Å². The zero-order chi connectivity index (χ0) is 15.8. The molecular formula is C8H9N5O6S2. The number of hydrogen-bond donors (Lipinski definition) is 3. The van der Waals surface area contributed by atoms with Gasteiger partial charge in [-0.2, -0.15) is 8.42 Å². The Hall–Kier alpha value is -2.12. The van der Waals surface area contributed by atoms with Gasteiger partial charge in [-0.3, -0.25) is 14.1 Å². The van der Waals surface area contributed by atoms with E-state index in [4.69, 9.17) is 10.3 Å². The fraction of sp³-hybridized carbons (Fsp3) is 0.375. The first-order valence-electron chi connectivity index (χ1n) is 5.36. The molecule has 1 aliphatic heterocycles. The standard InChI is InChI=1S/C8H9N5O6S2/c9-8-11-4(2-20-8)5(12-16)6(14)10-3-1-13(7(3)15)21(17,18)19/h2-3,5H,1H2,(H2,9,11)(H,10,14)(H,17,18,19)/t3-,5?/m0/s1. The molecule has 0 aromatic carbocycles. The first-order chi connectivity index (χ1) is 9.74. The van der Waals surface area contributed by atoms with Crippen molar-refractivity contribution in [2.75, 3.05) is 12.3 Å². The van der Waals surface area contributed by atoms with Gasteiger partial charge in [0, 0.05) is 5.38 Å². The Balaban J connectivity index is 2.02. The number of carbonyl (C=O) groups is 2. The van der Waals surface area contributed by atoms with E-state index in [0.29, 0.717) is 0 Å². The molecule has 11 nitrogen and oxygen atoms in total. The minimum absolute atomic E-state index is 0.0309. The molecule has 2 amide bonds. The van der Waals surface area contributed by atoms with Crippen molar-refractivity contribution in [2.45, 2.75) is 12.1 Å². The number of nitrogens with one attached hydrogen (secondary N) is 1. The third-order valence-corrected chi connectivity index (χ3v) is 4.24. The number of amides is 2. The van der Waals surface area contributed by atoms with E-state index >= 15 is 0 Å². The molecule has 1 aromatic heterocycles. The zero-order valence-corrected chi connectivity index (χ0v) is 11.8. The van der Waals surface area contributed by atoms with Gasteiger partial charge in [-0.1, -0.05) is 0 Å². The Bertz CT molecular complexity index is 700. The van der Waals surface area contributed by atoms with Crippen LogP contribution in [0.2, 0.25) is 0 Å². The highest BCUT2D eigenvalue weighted by atomic mass is 32.2. The fourth-order valence-electron chi connectivity index (χ4n) is 1.62. The minimum Gasteiger partial charge on any atom is -0.375 e. The van der Waals surface area contributed by atoms with Gasteiger partial charge in [0.25, 0.3) is 11.8 Å². The molecule has 0 saturated carbocycles. The topological polar surface area (TPSA) is 172 Å². The second-order valence-corrected chi connectivity index (χ2v) is 6.25. The Labute approximate surface area is 122 Å². The van der Waals surface area contributed by atoms with Crippen molar-refractivity contribution in [2.24, 2.45) is 5.18 Å². The maximum atomic E-state index is 11.8. The highest BCUT2D eigenvalue weighted by molar-refractivity contribution is 7.84. The number of carbonyl (C=O) groups excluding carboxylic acids is 2. The fourth-order valence-corrected chi connectivity index (χ4v) is 2.90. The van der Waals surface area contributed by atoms with Gasteiger partial charge in [-0.25, -0.2) is 9.29 Å². The van der Waals surface area contributed by atoms with Crippen LogP contribution in [0.1, 0.15) is 11.7 Å². The highest BCUT2D eigenvalue weighted by Gasteiger charge is 2.45. The number of nitrogens with two attached hydrogens (primary N) is 1. The summed E-state index contributed by atoms with van der Waals surface area (Å²) in [5, 5.41) is 6.27. The number of rotatable bonds is 5. The number of nitrogen functional groups attached to an aromatic ring is 1. The lowest BCUT2D eigenvalue weighted by molar-refractivity contribution is -0.140. The van der Waals surface area contributed by atoms with Gasteiger partial charge < -0.3 is 11.1 Å². The molecule has 0 spiro atoms. The van der Waals surface area contributed by atoms with Gasteiger partial charge in [0.15, 0.2) is 5.13 Å². The molecular weight excluding hydrogens is 326 g/mol.